The lowest BCUT2D eigenvalue weighted by molar-refractivity contribution is -0.124. The van der Waals surface area contributed by atoms with Gasteiger partial charge < -0.3 is 5.32 Å². The van der Waals surface area contributed by atoms with Gasteiger partial charge in [0.15, 0.2) is 0 Å². The Balaban J connectivity index is 2.50. The molecule has 1 amide bonds. The Labute approximate surface area is 125 Å². The molecule has 1 heterocycles. The minimum Gasteiger partial charge on any atom is -0.312 e. The summed E-state index contributed by atoms with van der Waals surface area (Å²) in [7, 11) is 0. The summed E-state index contributed by atoms with van der Waals surface area (Å²) in [5.41, 5.74) is 0.643. The molecule has 0 fully saturated rings. The summed E-state index contributed by atoms with van der Waals surface area (Å²) < 4.78 is 0. The molecule has 110 valence electrons. The van der Waals surface area contributed by atoms with E-state index in [2.05, 4.69) is 10.3 Å². The number of rotatable bonds is 4. The predicted octanol–water partition coefficient (Wildman–Crippen LogP) is 2.49. The molecular formula is C17H20N2O2. The number of hydrogen-bond donors (Lipinski definition) is 1. The van der Waals surface area contributed by atoms with Crippen molar-refractivity contribution in [2.45, 2.75) is 39.2 Å². The van der Waals surface area contributed by atoms with Crippen molar-refractivity contribution in [2.24, 2.45) is 10.9 Å². The zero-order valence-electron chi connectivity index (χ0n) is 12.8. The maximum Gasteiger partial charge on any atom is 0.253 e. The fraction of sp³-hybridized carbons (Fsp3) is 0.412. The third-order valence-corrected chi connectivity index (χ3v) is 4.18. The van der Waals surface area contributed by atoms with Gasteiger partial charge in [0.2, 0.25) is 0 Å². The molecule has 0 aromatic heterocycles. The Hall–Kier alpha value is -2.19. The van der Waals surface area contributed by atoms with E-state index in [-0.39, 0.29) is 17.7 Å². The molecule has 1 aromatic rings. The number of hydrogen-bond acceptors (Lipinski definition) is 3. The summed E-state index contributed by atoms with van der Waals surface area (Å²) in [4.78, 5) is 28.0. The number of benzene rings is 1. The van der Waals surface area contributed by atoms with Crippen LogP contribution in [0.5, 0.6) is 0 Å². The molecule has 0 saturated heterocycles. The number of carbonyl (C=O) groups is 1. The standard InChI is InChI=1S/C17H20N2O2/c1-11(2)17(4)16(21)18-15(19-17)14(12(3)10-20)13-8-6-5-7-9-13/h5-9,11,14H,1-4H3,(H,18,19,21). The maximum atomic E-state index is 12.3. The van der Waals surface area contributed by atoms with Crippen molar-refractivity contribution in [3.63, 3.8) is 0 Å². The van der Waals surface area contributed by atoms with Crippen molar-refractivity contribution in [1.82, 2.24) is 5.32 Å². The average molecular weight is 284 g/mol. The second-order valence-electron chi connectivity index (χ2n) is 5.88. The lowest BCUT2D eigenvalue weighted by Crippen LogP contribution is -2.41. The van der Waals surface area contributed by atoms with Crippen molar-refractivity contribution >= 4 is 17.7 Å². The van der Waals surface area contributed by atoms with Gasteiger partial charge in [0, 0.05) is 5.57 Å². The normalized spacial score (nSPS) is 22.5. The third kappa shape index (κ3) is 2.67. The van der Waals surface area contributed by atoms with Crippen LogP contribution >= 0.6 is 0 Å². The molecule has 0 bridgehead atoms. The van der Waals surface area contributed by atoms with Gasteiger partial charge in [-0.3, -0.25) is 9.79 Å². The number of nitrogens with one attached hydrogen (secondary N) is 1. The first-order valence-corrected chi connectivity index (χ1v) is 7.08. The SMILES string of the molecule is CC(=C=O)C(C1=NC(C)(C(C)C)C(=O)N1)c1ccccc1. The first-order chi connectivity index (χ1) is 9.90. The van der Waals surface area contributed by atoms with Gasteiger partial charge in [-0.15, -0.1) is 0 Å². The van der Waals surface area contributed by atoms with Crippen LogP contribution in [0.25, 0.3) is 0 Å². The highest BCUT2D eigenvalue weighted by atomic mass is 16.2. The van der Waals surface area contributed by atoms with E-state index in [1.54, 1.807) is 6.92 Å². The minimum absolute atomic E-state index is 0.0759. The van der Waals surface area contributed by atoms with E-state index < -0.39 is 5.54 Å². The fourth-order valence-electron chi connectivity index (χ4n) is 2.42. The molecule has 1 N–H and O–H groups in total. The van der Waals surface area contributed by atoms with E-state index in [1.165, 1.54) is 0 Å². The lowest BCUT2D eigenvalue weighted by atomic mass is 9.89. The Morgan fingerprint density at radius 2 is 1.90 bits per heavy atom. The molecule has 0 saturated carbocycles. The van der Waals surface area contributed by atoms with Crippen molar-refractivity contribution in [3.05, 3.63) is 41.5 Å². The Bertz CT molecular complexity index is 627. The van der Waals surface area contributed by atoms with Crippen LogP contribution in [0.15, 0.2) is 40.9 Å². The maximum absolute atomic E-state index is 12.3. The molecule has 0 spiro atoms. The van der Waals surface area contributed by atoms with Crippen LogP contribution in [0.4, 0.5) is 0 Å². The van der Waals surface area contributed by atoms with Gasteiger partial charge in [0.25, 0.3) is 5.91 Å². The van der Waals surface area contributed by atoms with Gasteiger partial charge in [-0.1, -0.05) is 44.2 Å². The number of nitrogens with zero attached hydrogens (tertiary/aromatic N) is 1. The van der Waals surface area contributed by atoms with Gasteiger partial charge in [-0.25, -0.2) is 4.79 Å². The van der Waals surface area contributed by atoms with Gasteiger partial charge in [-0.2, -0.15) is 0 Å². The lowest BCUT2D eigenvalue weighted by Gasteiger charge is -2.21. The van der Waals surface area contributed by atoms with Crippen LogP contribution in [-0.2, 0) is 9.59 Å². The molecule has 0 aliphatic carbocycles. The number of amides is 1. The number of aliphatic imine (C=N–C) groups is 1. The molecular weight excluding hydrogens is 264 g/mol. The molecule has 2 unspecified atom stereocenters. The van der Waals surface area contributed by atoms with Crippen molar-refractivity contribution in [1.29, 1.82) is 0 Å². The molecule has 2 atom stereocenters. The predicted molar refractivity (Wildman–Crippen MR) is 82.9 cm³/mol. The Morgan fingerprint density at radius 3 is 2.38 bits per heavy atom. The minimum atomic E-state index is -0.786. The second kappa shape index (κ2) is 5.66. The van der Waals surface area contributed by atoms with Crippen LogP contribution in [0.3, 0.4) is 0 Å². The van der Waals surface area contributed by atoms with Gasteiger partial charge in [0.05, 0.1) is 5.92 Å². The van der Waals surface area contributed by atoms with Gasteiger partial charge >= 0.3 is 0 Å². The van der Waals surface area contributed by atoms with Crippen molar-refractivity contribution in [2.75, 3.05) is 0 Å². The molecule has 0 radical (unpaired) electrons. The number of amidine groups is 1. The van der Waals surface area contributed by atoms with Crippen LogP contribution in [0, 0.1) is 5.92 Å². The molecule has 1 aliphatic heterocycles. The van der Waals surface area contributed by atoms with Gasteiger partial charge in [-0.05, 0) is 25.3 Å². The van der Waals surface area contributed by atoms with E-state index in [1.807, 2.05) is 57.0 Å². The van der Waals surface area contributed by atoms with Crippen LogP contribution in [0.2, 0.25) is 0 Å². The topological polar surface area (TPSA) is 58.5 Å². The fourth-order valence-corrected chi connectivity index (χ4v) is 2.42. The van der Waals surface area contributed by atoms with Crippen molar-refractivity contribution in [3.8, 4) is 0 Å². The Kier molecular flexibility index (Phi) is 4.10. The smallest absolute Gasteiger partial charge is 0.253 e. The van der Waals surface area contributed by atoms with Crippen LogP contribution < -0.4 is 5.32 Å². The van der Waals surface area contributed by atoms with E-state index in [0.717, 1.165) is 5.56 Å². The van der Waals surface area contributed by atoms with E-state index in [0.29, 0.717) is 11.4 Å². The Morgan fingerprint density at radius 1 is 1.29 bits per heavy atom. The quantitative estimate of drug-likeness (QED) is 0.864. The highest BCUT2D eigenvalue weighted by molar-refractivity contribution is 6.12. The van der Waals surface area contributed by atoms with Crippen LogP contribution in [0.1, 0.15) is 39.2 Å². The molecule has 1 aromatic carbocycles. The van der Waals surface area contributed by atoms with E-state index in [4.69, 9.17) is 0 Å². The summed E-state index contributed by atoms with van der Waals surface area (Å²) in [5.74, 6) is 2.08. The van der Waals surface area contributed by atoms with Crippen LogP contribution in [-0.4, -0.2) is 23.2 Å². The van der Waals surface area contributed by atoms with E-state index in [9.17, 15) is 9.59 Å². The monoisotopic (exact) mass is 284 g/mol. The summed E-state index contributed by atoms with van der Waals surface area (Å²) in [6, 6.07) is 9.56. The second-order valence-corrected chi connectivity index (χ2v) is 5.88. The summed E-state index contributed by atoms with van der Waals surface area (Å²) in [5, 5.41) is 2.85. The first kappa shape index (κ1) is 15.2. The summed E-state index contributed by atoms with van der Waals surface area (Å²) in [6.07, 6.45) is 0. The molecule has 21 heavy (non-hydrogen) atoms. The highest BCUT2D eigenvalue weighted by Crippen LogP contribution is 2.32. The molecule has 2 rings (SSSR count). The molecule has 1 aliphatic rings. The van der Waals surface area contributed by atoms with Gasteiger partial charge in [0.1, 0.15) is 17.3 Å². The zero-order chi connectivity index (χ0) is 15.6. The summed E-state index contributed by atoms with van der Waals surface area (Å²) >= 11 is 0. The summed E-state index contributed by atoms with van der Waals surface area (Å²) in [6.45, 7) is 7.46. The van der Waals surface area contributed by atoms with Crippen molar-refractivity contribution < 1.29 is 9.59 Å². The first-order valence-electron chi connectivity index (χ1n) is 7.08. The zero-order valence-corrected chi connectivity index (χ0v) is 12.8. The molecule has 4 nitrogen and oxygen atoms in total. The largest absolute Gasteiger partial charge is 0.312 e. The average Bonchev–Trinajstić information content (AvgIpc) is 2.77. The third-order valence-electron chi connectivity index (χ3n) is 4.18. The highest BCUT2D eigenvalue weighted by Gasteiger charge is 2.43. The number of carbonyl (C=O) groups excluding carboxylic acids is 2. The molecule has 4 heteroatoms. The van der Waals surface area contributed by atoms with E-state index >= 15 is 0 Å².